The van der Waals surface area contributed by atoms with E-state index in [2.05, 4.69) is 16.0 Å². The average Bonchev–Trinajstić information content (AvgIpc) is 1.72. The summed E-state index contributed by atoms with van der Waals surface area (Å²) in [7, 11) is 1.10. The highest BCUT2D eigenvalue weighted by atomic mass is 14.8. The molecule has 0 aromatic heterocycles. The molecule has 0 amide bonds. The van der Waals surface area contributed by atoms with Crippen LogP contribution in [-0.4, -0.2) is 26.2 Å². The molecule has 1 rings (SSSR count). The molecular formula is C3H5BN2. The van der Waals surface area contributed by atoms with E-state index in [9.17, 15) is 0 Å². The fourth-order valence-electron chi connectivity index (χ4n) is 0.379. The van der Waals surface area contributed by atoms with Gasteiger partial charge in [0.05, 0.1) is 6.01 Å². The Morgan fingerprint density at radius 2 is 2.00 bits per heavy atom. The summed E-state index contributed by atoms with van der Waals surface area (Å²) in [5, 5.41) is 0. The van der Waals surface area contributed by atoms with Crippen molar-refractivity contribution in [3.05, 3.63) is 0 Å². The molecule has 0 radical (unpaired) electrons. The van der Waals surface area contributed by atoms with E-state index >= 15 is 0 Å². The van der Waals surface area contributed by atoms with Crippen LogP contribution in [0.1, 0.15) is 0 Å². The Morgan fingerprint density at radius 3 is 2.17 bits per heavy atom. The summed E-state index contributed by atoms with van der Waals surface area (Å²) in [5.74, 6) is 0. The van der Waals surface area contributed by atoms with Gasteiger partial charge in [0.25, 0.3) is 0 Å². The van der Waals surface area contributed by atoms with Crippen LogP contribution in [0, 0.1) is 0 Å². The van der Waals surface area contributed by atoms with E-state index in [1.165, 1.54) is 0 Å². The molecule has 0 saturated heterocycles. The van der Waals surface area contributed by atoms with Crippen LogP contribution in [0.15, 0.2) is 9.98 Å². The SMILES string of the molecule is B1CN=C=NC1. The quantitative estimate of drug-likeness (QED) is 0.351. The summed E-state index contributed by atoms with van der Waals surface area (Å²) in [5.41, 5.74) is 0. The summed E-state index contributed by atoms with van der Waals surface area (Å²) < 4.78 is 0. The van der Waals surface area contributed by atoms with Gasteiger partial charge in [-0.05, 0) is 0 Å². The molecule has 0 atom stereocenters. The second-order valence-corrected chi connectivity index (χ2v) is 1.22. The van der Waals surface area contributed by atoms with Gasteiger partial charge in [0.2, 0.25) is 0 Å². The lowest BCUT2D eigenvalue weighted by Crippen LogP contribution is -2.03. The molecule has 1 aliphatic heterocycles. The fourth-order valence-corrected chi connectivity index (χ4v) is 0.379. The van der Waals surface area contributed by atoms with E-state index in [1.807, 2.05) is 0 Å². The van der Waals surface area contributed by atoms with E-state index < -0.39 is 0 Å². The van der Waals surface area contributed by atoms with Gasteiger partial charge in [-0.1, -0.05) is 0 Å². The van der Waals surface area contributed by atoms with Crippen LogP contribution in [0.25, 0.3) is 0 Å². The van der Waals surface area contributed by atoms with Crippen LogP contribution in [-0.2, 0) is 0 Å². The normalized spacial score (nSPS) is 17.3. The van der Waals surface area contributed by atoms with Crippen molar-refractivity contribution < 1.29 is 0 Å². The minimum atomic E-state index is 0.920. The van der Waals surface area contributed by atoms with Gasteiger partial charge < -0.3 is 0 Å². The van der Waals surface area contributed by atoms with E-state index in [0.29, 0.717) is 0 Å². The molecule has 0 aliphatic carbocycles. The zero-order valence-corrected chi connectivity index (χ0v) is 3.52. The second kappa shape index (κ2) is 1.78. The maximum atomic E-state index is 3.76. The molecule has 1 heterocycles. The lowest BCUT2D eigenvalue weighted by atomic mass is 9.79. The van der Waals surface area contributed by atoms with Crippen LogP contribution in [0.2, 0.25) is 0 Å². The minimum absolute atomic E-state index is 0.920. The first-order chi connectivity index (χ1) is 3.00. The topological polar surface area (TPSA) is 24.7 Å². The van der Waals surface area contributed by atoms with Crippen LogP contribution in [0.4, 0.5) is 0 Å². The first kappa shape index (κ1) is 3.63. The second-order valence-electron chi connectivity index (χ2n) is 1.22. The number of hydrogen-bond donors (Lipinski definition) is 0. The first-order valence-corrected chi connectivity index (χ1v) is 2.08. The van der Waals surface area contributed by atoms with Crippen molar-refractivity contribution in [2.75, 3.05) is 12.9 Å². The van der Waals surface area contributed by atoms with Crippen molar-refractivity contribution >= 4 is 13.3 Å². The highest BCUT2D eigenvalue weighted by Gasteiger charge is 1.86. The molecular weight excluding hydrogens is 74.9 g/mol. The van der Waals surface area contributed by atoms with E-state index in [1.54, 1.807) is 0 Å². The molecule has 3 heteroatoms. The molecule has 0 N–H and O–H groups in total. The Balaban J connectivity index is 2.53. The number of aliphatic imine (C=N–C) groups is 2. The van der Waals surface area contributed by atoms with Crippen molar-refractivity contribution in [1.82, 2.24) is 0 Å². The fraction of sp³-hybridized carbons (Fsp3) is 0.667. The Labute approximate surface area is 37.2 Å². The summed E-state index contributed by atoms with van der Waals surface area (Å²) in [6.45, 7) is 0. The van der Waals surface area contributed by atoms with Crippen molar-refractivity contribution in [2.24, 2.45) is 9.98 Å². The monoisotopic (exact) mass is 80.1 g/mol. The summed E-state index contributed by atoms with van der Waals surface area (Å²) >= 11 is 0. The smallest absolute Gasteiger partial charge is 0.176 e. The molecule has 2 nitrogen and oxygen atoms in total. The maximum absolute atomic E-state index is 3.76. The molecule has 6 heavy (non-hydrogen) atoms. The van der Waals surface area contributed by atoms with Crippen LogP contribution in [0.5, 0.6) is 0 Å². The Hall–Kier alpha value is -0.555. The third kappa shape index (κ3) is 0.695. The van der Waals surface area contributed by atoms with E-state index in [-0.39, 0.29) is 0 Å². The third-order valence-corrected chi connectivity index (χ3v) is 0.681. The molecule has 30 valence electrons. The van der Waals surface area contributed by atoms with Crippen molar-refractivity contribution in [1.29, 1.82) is 0 Å². The summed E-state index contributed by atoms with van der Waals surface area (Å²) in [6, 6.07) is 2.53. The molecule has 0 saturated carbocycles. The van der Waals surface area contributed by atoms with Gasteiger partial charge in [-0.3, -0.25) is 0 Å². The van der Waals surface area contributed by atoms with Gasteiger partial charge in [-0.15, -0.1) is 0 Å². The van der Waals surface area contributed by atoms with Crippen LogP contribution < -0.4 is 0 Å². The highest BCUT2D eigenvalue weighted by Crippen LogP contribution is 1.72. The van der Waals surface area contributed by atoms with Crippen molar-refractivity contribution in [2.45, 2.75) is 0 Å². The Bertz CT molecular complexity index is 85.0. The molecule has 0 unspecified atom stereocenters. The van der Waals surface area contributed by atoms with Crippen molar-refractivity contribution in [3.8, 4) is 0 Å². The standard InChI is InChI=1S/C3H5BN2/c1-4-2-6-3-5-1/h4H,1-2H2. The lowest BCUT2D eigenvalue weighted by molar-refractivity contribution is 1.23. The molecule has 0 aromatic rings. The Morgan fingerprint density at radius 1 is 1.33 bits per heavy atom. The molecule has 0 bridgehead atoms. The lowest BCUT2D eigenvalue weighted by Gasteiger charge is -1.86. The molecule has 0 fully saturated rings. The van der Waals surface area contributed by atoms with Gasteiger partial charge in [0.1, 0.15) is 0 Å². The first-order valence-electron chi connectivity index (χ1n) is 2.08. The molecule has 1 aliphatic rings. The van der Waals surface area contributed by atoms with Gasteiger partial charge in [-0.2, -0.15) is 0 Å². The van der Waals surface area contributed by atoms with E-state index in [0.717, 1.165) is 20.2 Å². The maximum Gasteiger partial charge on any atom is 0.176 e. The molecule has 0 spiro atoms. The predicted molar refractivity (Wildman–Crippen MR) is 26.7 cm³/mol. The number of rotatable bonds is 0. The largest absolute Gasteiger partial charge is 0.234 e. The highest BCUT2D eigenvalue weighted by molar-refractivity contribution is 6.36. The average molecular weight is 79.9 g/mol. The van der Waals surface area contributed by atoms with E-state index in [4.69, 9.17) is 0 Å². The number of hydrogen-bond acceptors (Lipinski definition) is 2. The van der Waals surface area contributed by atoms with Gasteiger partial charge >= 0.3 is 0 Å². The summed E-state index contributed by atoms with van der Waals surface area (Å²) in [4.78, 5) is 7.52. The summed E-state index contributed by atoms with van der Waals surface area (Å²) in [6.07, 6.45) is 1.84. The van der Waals surface area contributed by atoms with Crippen LogP contribution >= 0.6 is 0 Å². The third-order valence-electron chi connectivity index (χ3n) is 0.681. The van der Waals surface area contributed by atoms with Gasteiger partial charge in [0.15, 0.2) is 7.28 Å². The zero-order chi connectivity index (χ0) is 4.24. The van der Waals surface area contributed by atoms with Crippen molar-refractivity contribution in [3.63, 3.8) is 0 Å². The Kier molecular flexibility index (Phi) is 1.08. The molecule has 0 aromatic carbocycles. The van der Waals surface area contributed by atoms with Gasteiger partial charge in [-0.25, -0.2) is 9.98 Å². The minimum Gasteiger partial charge on any atom is -0.234 e. The zero-order valence-electron chi connectivity index (χ0n) is 3.52. The van der Waals surface area contributed by atoms with Gasteiger partial charge in [0, 0.05) is 12.9 Å². The number of nitrogens with zero attached hydrogens (tertiary/aromatic N) is 2. The predicted octanol–water partition coefficient (Wildman–Crippen LogP) is -0.475. The van der Waals surface area contributed by atoms with Crippen LogP contribution in [0.3, 0.4) is 0 Å².